The van der Waals surface area contributed by atoms with Gasteiger partial charge in [0.15, 0.2) is 0 Å². The first-order valence-electron chi connectivity index (χ1n) is 6.60. The summed E-state index contributed by atoms with van der Waals surface area (Å²) >= 11 is 0. The summed E-state index contributed by atoms with van der Waals surface area (Å²) in [5.74, 6) is 0.960. The van der Waals surface area contributed by atoms with Gasteiger partial charge in [-0.25, -0.2) is 0 Å². The van der Waals surface area contributed by atoms with Crippen LogP contribution in [-0.4, -0.2) is 37.7 Å². The zero-order valence-electron chi connectivity index (χ0n) is 11.8. The fourth-order valence-electron chi connectivity index (χ4n) is 1.51. The van der Waals surface area contributed by atoms with Crippen molar-refractivity contribution in [1.29, 1.82) is 0 Å². The van der Waals surface area contributed by atoms with Gasteiger partial charge in [0.2, 0.25) is 0 Å². The molecule has 1 aromatic carbocycles. The smallest absolute Gasteiger partial charge is 0.411 e. The second kappa shape index (κ2) is 8.74. The molecule has 0 aliphatic rings. The lowest BCUT2D eigenvalue weighted by Crippen LogP contribution is -2.19. The van der Waals surface area contributed by atoms with Gasteiger partial charge in [0.1, 0.15) is 24.7 Å². The Balaban J connectivity index is 2.48. The third kappa shape index (κ3) is 7.19. The van der Waals surface area contributed by atoms with Gasteiger partial charge < -0.3 is 19.3 Å². The van der Waals surface area contributed by atoms with Gasteiger partial charge in [-0.15, -0.1) is 0 Å². The van der Waals surface area contributed by atoms with E-state index < -0.39 is 12.8 Å². The first kappa shape index (κ1) is 17.6. The molecule has 0 aliphatic carbocycles. The Morgan fingerprint density at radius 3 is 2.48 bits per heavy atom. The summed E-state index contributed by atoms with van der Waals surface area (Å²) in [6.45, 7) is 0.754. The monoisotopic (exact) mass is 308 g/mol. The Morgan fingerprint density at radius 1 is 1.10 bits per heavy atom. The quantitative estimate of drug-likeness (QED) is 0.713. The number of aliphatic hydroxyl groups excluding tert-OH is 1. The van der Waals surface area contributed by atoms with Crippen LogP contribution in [0.3, 0.4) is 0 Å². The van der Waals surface area contributed by atoms with E-state index in [9.17, 15) is 18.3 Å². The molecule has 0 fully saturated rings. The van der Waals surface area contributed by atoms with Crippen molar-refractivity contribution >= 4 is 0 Å². The SMILES string of the molecule is CCCOc1ccc(CO)c(OCCOCC(F)(F)F)c1. The minimum atomic E-state index is -4.34. The van der Waals surface area contributed by atoms with Gasteiger partial charge in [0.25, 0.3) is 0 Å². The van der Waals surface area contributed by atoms with Crippen LogP contribution in [0.1, 0.15) is 18.9 Å². The van der Waals surface area contributed by atoms with Crippen molar-refractivity contribution in [2.45, 2.75) is 26.1 Å². The number of aliphatic hydroxyl groups is 1. The molecular weight excluding hydrogens is 289 g/mol. The number of hydrogen-bond donors (Lipinski definition) is 1. The molecule has 1 rings (SSSR count). The predicted octanol–water partition coefficient (Wildman–Crippen LogP) is 2.93. The number of halogens is 3. The van der Waals surface area contributed by atoms with E-state index in [-0.39, 0.29) is 19.8 Å². The first-order valence-corrected chi connectivity index (χ1v) is 6.60. The third-order valence-electron chi connectivity index (χ3n) is 2.43. The average molecular weight is 308 g/mol. The molecule has 7 heteroatoms. The zero-order valence-corrected chi connectivity index (χ0v) is 11.8. The molecule has 120 valence electrons. The first-order chi connectivity index (χ1) is 9.96. The van der Waals surface area contributed by atoms with E-state index in [4.69, 9.17) is 9.47 Å². The maximum Gasteiger partial charge on any atom is 0.411 e. The van der Waals surface area contributed by atoms with Gasteiger partial charge in [-0.2, -0.15) is 13.2 Å². The van der Waals surface area contributed by atoms with Crippen LogP contribution in [0.25, 0.3) is 0 Å². The van der Waals surface area contributed by atoms with Crippen molar-refractivity contribution < 1.29 is 32.5 Å². The van der Waals surface area contributed by atoms with Crippen LogP contribution in [-0.2, 0) is 11.3 Å². The normalized spacial score (nSPS) is 11.5. The molecule has 0 amide bonds. The van der Waals surface area contributed by atoms with Crippen molar-refractivity contribution in [2.24, 2.45) is 0 Å². The molecule has 1 N–H and O–H groups in total. The van der Waals surface area contributed by atoms with Crippen molar-refractivity contribution in [1.82, 2.24) is 0 Å². The van der Waals surface area contributed by atoms with Crippen molar-refractivity contribution in [3.63, 3.8) is 0 Å². The number of rotatable bonds is 9. The molecule has 0 unspecified atom stereocenters. The van der Waals surface area contributed by atoms with E-state index in [1.54, 1.807) is 18.2 Å². The number of benzene rings is 1. The van der Waals surface area contributed by atoms with Crippen molar-refractivity contribution in [2.75, 3.05) is 26.4 Å². The Hall–Kier alpha value is -1.47. The van der Waals surface area contributed by atoms with Crippen molar-refractivity contribution in [3.8, 4) is 11.5 Å². The molecule has 0 saturated heterocycles. The molecule has 0 bridgehead atoms. The molecule has 0 aliphatic heterocycles. The summed E-state index contributed by atoms with van der Waals surface area (Å²) in [5, 5.41) is 9.19. The summed E-state index contributed by atoms with van der Waals surface area (Å²) in [5.41, 5.74) is 0.537. The largest absolute Gasteiger partial charge is 0.493 e. The van der Waals surface area contributed by atoms with Crippen LogP contribution in [0.2, 0.25) is 0 Å². The van der Waals surface area contributed by atoms with Crippen LogP contribution < -0.4 is 9.47 Å². The molecule has 0 radical (unpaired) electrons. The lowest BCUT2D eigenvalue weighted by molar-refractivity contribution is -0.175. The molecule has 0 atom stereocenters. The summed E-state index contributed by atoms with van der Waals surface area (Å²) in [4.78, 5) is 0. The van der Waals surface area contributed by atoms with Gasteiger partial charge in [-0.1, -0.05) is 6.92 Å². The van der Waals surface area contributed by atoms with E-state index >= 15 is 0 Å². The zero-order chi connectivity index (χ0) is 15.7. The lowest BCUT2D eigenvalue weighted by Gasteiger charge is -2.13. The van der Waals surface area contributed by atoms with Crippen LogP contribution >= 0.6 is 0 Å². The van der Waals surface area contributed by atoms with Crippen LogP contribution in [0.5, 0.6) is 11.5 Å². The molecule has 0 spiro atoms. The van der Waals surface area contributed by atoms with E-state index in [1.807, 2.05) is 6.92 Å². The highest BCUT2D eigenvalue weighted by atomic mass is 19.4. The summed E-state index contributed by atoms with van der Waals surface area (Å²) in [7, 11) is 0. The van der Waals surface area contributed by atoms with Gasteiger partial charge >= 0.3 is 6.18 Å². The molecular formula is C14H19F3O4. The highest BCUT2D eigenvalue weighted by Gasteiger charge is 2.27. The number of ether oxygens (including phenoxy) is 3. The molecule has 1 aromatic rings. The highest BCUT2D eigenvalue weighted by molar-refractivity contribution is 5.40. The summed E-state index contributed by atoms with van der Waals surface area (Å²) in [6.07, 6.45) is -3.49. The lowest BCUT2D eigenvalue weighted by atomic mass is 10.2. The van der Waals surface area contributed by atoms with E-state index in [0.29, 0.717) is 23.7 Å². The fraction of sp³-hybridized carbons (Fsp3) is 0.571. The maximum atomic E-state index is 11.9. The molecule has 0 saturated carbocycles. The molecule has 21 heavy (non-hydrogen) atoms. The van der Waals surface area contributed by atoms with Crippen LogP contribution in [0.15, 0.2) is 18.2 Å². The predicted molar refractivity (Wildman–Crippen MR) is 70.5 cm³/mol. The van der Waals surface area contributed by atoms with Gasteiger partial charge in [-0.05, 0) is 18.6 Å². The van der Waals surface area contributed by atoms with Crippen LogP contribution in [0.4, 0.5) is 13.2 Å². The van der Waals surface area contributed by atoms with Gasteiger partial charge in [-0.3, -0.25) is 0 Å². The average Bonchev–Trinajstić information content (AvgIpc) is 2.43. The van der Waals surface area contributed by atoms with E-state index in [2.05, 4.69) is 4.74 Å². The molecule has 4 nitrogen and oxygen atoms in total. The van der Waals surface area contributed by atoms with Gasteiger partial charge in [0, 0.05) is 11.6 Å². The Bertz CT molecular complexity index is 421. The Morgan fingerprint density at radius 2 is 1.86 bits per heavy atom. The standard InChI is InChI=1S/C14H19F3O4/c1-2-5-20-12-4-3-11(9-18)13(8-12)21-7-6-19-10-14(15,16)17/h3-4,8,18H,2,5-7,9-10H2,1H3. The number of alkyl halides is 3. The van der Waals surface area contributed by atoms with Crippen molar-refractivity contribution in [3.05, 3.63) is 23.8 Å². The van der Waals surface area contributed by atoms with E-state index in [0.717, 1.165) is 6.42 Å². The third-order valence-corrected chi connectivity index (χ3v) is 2.43. The maximum absolute atomic E-state index is 11.9. The topological polar surface area (TPSA) is 47.9 Å². The number of hydrogen-bond acceptors (Lipinski definition) is 4. The molecule has 0 heterocycles. The van der Waals surface area contributed by atoms with Crippen LogP contribution in [0, 0.1) is 0 Å². The Kier molecular flexibility index (Phi) is 7.31. The molecule has 0 aromatic heterocycles. The highest BCUT2D eigenvalue weighted by Crippen LogP contribution is 2.25. The summed E-state index contributed by atoms with van der Waals surface area (Å²) in [6, 6.07) is 4.95. The second-order valence-electron chi connectivity index (χ2n) is 4.29. The fourth-order valence-corrected chi connectivity index (χ4v) is 1.51. The second-order valence-corrected chi connectivity index (χ2v) is 4.29. The minimum Gasteiger partial charge on any atom is -0.493 e. The summed E-state index contributed by atoms with van der Waals surface area (Å²) < 4.78 is 50.8. The van der Waals surface area contributed by atoms with Gasteiger partial charge in [0.05, 0.1) is 19.8 Å². The van der Waals surface area contributed by atoms with E-state index in [1.165, 1.54) is 0 Å². The minimum absolute atomic E-state index is 0.0414. The Labute approximate surface area is 121 Å².